The number of halogens is 2. The lowest BCUT2D eigenvalue weighted by Crippen LogP contribution is -3.14. The minimum atomic E-state index is 0.464. The number of nitrogens with one attached hydrogen (secondary N) is 1. The van der Waals surface area contributed by atoms with E-state index in [1.54, 1.807) is 23.1 Å². The Morgan fingerprint density at radius 3 is 2.32 bits per heavy atom. The van der Waals surface area contributed by atoms with Crippen molar-refractivity contribution in [1.29, 1.82) is 0 Å². The van der Waals surface area contributed by atoms with Crippen LogP contribution in [0.15, 0.2) is 18.2 Å². The summed E-state index contributed by atoms with van der Waals surface area (Å²) in [5.74, 6) is 2.19. The van der Waals surface area contributed by atoms with Gasteiger partial charge >= 0.3 is 0 Å². The van der Waals surface area contributed by atoms with Gasteiger partial charge in [-0.25, -0.2) is 0 Å². The van der Waals surface area contributed by atoms with Gasteiger partial charge in [0.2, 0.25) is 0 Å². The van der Waals surface area contributed by atoms with Crippen LogP contribution in [0.5, 0.6) is 5.75 Å². The number of hydrogen-bond acceptors (Lipinski definition) is 2. The number of hydrogen-bond donors (Lipinski definition) is 1. The van der Waals surface area contributed by atoms with Gasteiger partial charge in [0.15, 0.2) is 5.75 Å². The molecule has 0 amide bonds. The van der Waals surface area contributed by atoms with Crippen molar-refractivity contribution in [2.75, 3.05) is 39.5 Å². The normalized spacial score (nSPS) is 25.2. The van der Waals surface area contributed by atoms with Crippen LogP contribution in [0, 0.1) is 11.8 Å². The molecule has 1 aromatic carbocycles. The standard InChI is InChI=1S/C17H25Cl2NO2/c1-13-10-14(2)12-20(11-13)6-7-21-8-9-22-17-15(18)4-3-5-16(17)19/h3-5,13-14H,6-12H2,1-2H3/p+1/t13-,14+. The number of para-hydroxylation sites is 1. The molecule has 1 unspecified atom stereocenters. The van der Waals surface area contributed by atoms with E-state index in [-0.39, 0.29) is 0 Å². The molecule has 1 aromatic rings. The van der Waals surface area contributed by atoms with Crippen LogP contribution in [0.3, 0.4) is 0 Å². The largest absolute Gasteiger partial charge is 0.488 e. The number of ether oxygens (including phenoxy) is 2. The van der Waals surface area contributed by atoms with Crippen molar-refractivity contribution in [3.8, 4) is 5.75 Å². The first-order valence-corrected chi connectivity index (χ1v) is 8.80. The molecular formula is C17H26Cl2NO2+. The Balaban J connectivity index is 1.60. The molecule has 22 heavy (non-hydrogen) atoms. The van der Waals surface area contributed by atoms with Crippen molar-refractivity contribution in [2.24, 2.45) is 11.8 Å². The summed E-state index contributed by atoms with van der Waals surface area (Å²) >= 11 is 12.1. The van der Waals surface area contributed by atoms with Crippen LogP contribution in [-0.2, 0) is 4.74 Å². The van der Waals surface area contributed by atoms with Crippen molar-refractivity contribution in [3.63, 3.8) is 0 Å². The number of rotatable bonds is 7. The zero-order valence-corrected chi connectivity index (χ0v) is 14.9. The third-order valence-electron chi connectivity index (χ3n) is 4.07. The molecule has 0 spiro atoms. The Labute approximate surface area is 143 Å². The molecule has 1 N–H and O–H groups in total. The summed E-state index contributed by atoms with van der Waals surface area (Å²) in [5.41, 5.74) is 0. The highest BCUT2D eigenvalue weighted by Gasteiger charge is 2.24. The maximum atomic E-state index is 6.04. The van der Waals surface area contributed by atoms with Gasteiger partial charge in [-0.05, 0) is 18.6 Å². The highest BCUT2D eigenvalue weighted by molar-refractivity contribution is 6.37. The first-order chi connectivity index (χ1) is 10.6. The van der Waals surface area contributed by atoms with Crippen molar-refractivity contribution < 1.29 is 14.4 Å². The van der Waals surface area contributed by atoms with Gasteiger partial charge in [-0.1, -0.05) is 43.1 Å². The van der Waals surface area contributed by atoms with Crippen LogP contribution in [0.2, 0.25) is 10.0 Å². The Hall–Kier alpha value is -0.480. The monoisotopic (exact) mass is 346 g/mol. The van der Waals surface area contributed by atoms with Gasteiger partial charge in [0.25, 0.3) is 0 Å². The second-order valence-corrected chi connectivity index (χ2v) is 7.18. The fraction of sp³-hybridized carbons (Fsp3) is 0.647. The number of likely N-dealkylation sites (tertiary alicyclic amines) is 1. The summed E-state index contributed by atoms with van der Waals surface area (Å²) in [5, 5.41) is 1.07. The topological polar surface area (TPSA) is 22.9 Å². The van der Waals surface area contributed by atoms with Gasteiger partial charge in [-0.15, -0.1) is 0 Å². The van der Waals surface area contributed by atoms with E-state index in [1.165, 1.54) is 19.5 Å². The first-order valence-electron chi connectivity index (χ1n) is 8.04. The molecule has 0 aromatic heterocycles. The Kier molecular flexibility index (Phi) is 7.29. The minimum Gasteiger partial charge on any atom is -0.488 e. The molecule has 1 saturated heterocycles. The lowest BCUT2D eigenvalue weighted by Gasteiger charge is -2.31. The molecule has 0 radical (unpaired) electrons. The van der Waals surface area contributed by atoms with E-state index < -0.39 is 0 Å². The first kappa shape index (κ1) is 17.9. The fourth-order valence-electron chi connectivity index (χ4n) is 3.27. The van der Waals surface area contributed by atoms with Crippen LogP contribution >= 0.6 is 23.2 Å². The maximum absolute atomic E-state index is 6.04. The predicted molar refractivity (Wildman–Crippen MR) is 91.3 cm³/mol. The smallest absolute Gasteiger partial charge is 0.156 e. The van der Waals surface area contributed by atoms with Crippen molar-refractivity contribution in [3.05, 3.63) is 28.2 Å². The number of piperidine rings is 1. The highest BCUT2D eigenvalue weighted by Crippen LogP contribution is 2.32. The molecule has 5 heteroatoms. The Bertz CT molecular complexity index is 440. The summed E-state index contributed by atoms with van der Waals surface area (Å²) in [6.07, 6.45) is 1.36. The van der Waals surface area contributed by atoms with E-state index >= 15 is 0 Å². The summed E-state index contributed by atoms with van der Waals surface area (Å²) in [4.78, 5) is 1.65. The van der Waals surface area contributed by atoms with Crippen LogP contribution in [0.1, 0.15) is 20.3 Å². The van der Waals surface area contributed by atoms with Crippen LogP contribution in [0.4, 0.5) is 0 Å². The van der Waals surface area contributed by atoms with Crippen molar-refractivity contribution in [1.82, 2.24) is 0 Å². The summed E-state index contributed by atoms with van der Waals surface area (Å²) in [7, 11) is 0. The zero-order valence-electron chi connectivity index (χ0n) is 13.4. The highest BCUT2D eigenvalue weighted by atomic mass is 35.5. The van der Waals surface area contributed by atoms with Crippen molar-refractivity contribution in [2.45, 2.75) is 20.3 Å². The quantitative estimate of drug-likeness (QED) is 0.767. The van der Waals surface area contributed by atoms with Gasteiger partial charge in [-0.3, -0.25) is 0 Å². The van der Waals surface area contributed by atoms with E-state index in [2.05, 4.69) is 13.8 Å². The third kappa shape index (κ3) is 5.62. The molecule has 0 bridgehead atoms. The lowest BCUT2D eigenvalue weighted by molar-refractivity contribution is -0.912. The average molecular weight is 347 g/mol. The zero-order chi connectivity index (χ0) is 15.9. The summed E-state index contributed by atoms with van der Waals surface area (Å²) < 4.78 is 11.3. The third-order valence-corrected chi connectivity index (χ3v) is 4.67. The Morgan fingerprint density at radius 2 is 1.68 bits per heavy atom. The van der Waals surface area contributed by atoms with E-state index in [0.717, 1.165) is 25.0 Å². The average Bonchev–Trinajstić information content (AvgIpc) is 2.44. The van der Waals surface area contributed by atoms with Gasteiger partial charge in [0.05, 0.1) is 36.3 Å². The number of benzene rings is 1. The van der Waals surface area contributed by atoms with Crippen LogP contribution in [-0.4, -0.2) is 39.5 Å². The molecule has 1 aliphatic heterocycles. The van der Waals surface area contributed by atoms with E-state index in [0.29, 0.717) is 29.0 Å². The summed E-state index contributed by atoms with van der Waals surface area (Å²) in [6, 6.07) is 5.34. The predicted octanol–water partition coefficient (Wildman–Crippen LogP) is 2.95. The van der Waals surface area contributed by atoms with Crippen LogP contribution in [0.25, 0.3) is 0 Å². The molecule has 0 saturated carbocycles. The summed E-state index contributed by atoms with van der Waals surface area (Å²) in [6.45, 7) is 10.1. The van der Waals surface area contributed by atoms with Gasteiger partial charge in [-0.2, -0.15) is 0 Å². The Morgan fingerprint density at radius 1 is 1.05 bits per heavy atom. The van der Waals surface area contributed by atoms with Crippen molar-refractivity contribution >= 4 is 23.2 Å². The number of quaternary nitrogens is 1. The lowest BCUT2D eigenvalue weighted by atomic mass is 9.92. The maximum Gasteiger partial charge on any atom is 0.156 e. The van der Waals surface area contributed by atoms with E-state index in [1.807, 2.05) is 0 Å². The molecule has 0 aliphatic carbocycles. The molecular weight excluding hydrogens is 321 g/mol. The molecule has 124 valence electrons. The van der Waals surface area contributed by atoms with Crippen LogP contribution < -0.4 is 9.64 Å². The van der Waals surface area contributed by atoms with E-state index in [9.17, 15) is 0 Å². The molecule has 1 heterocycles. The molecule has 1 fully saturated rings. The van der Waals surface area contributed by atoms with Gasteiger partial charge in [0, 0.05) is 11.8 Å². The molecule has 3 nitrogen and oxygen atoms in total. The van der Waals surface area contributed by atoms with Gasteiger partial charge in [0.1, 0.15) is 13.2 Å². The van der Waals surface area contributed by atoms with Gasteiger partial charge < -0.3 is 14.4 Å². The molecule has 2 rings (SSSR count). The minimum absolute atomic E-state index is 0.464. The molecule has 1 aliphatic rings. The second-order valence-electron chi connectivity index (χ2n) is 6.37. The SMILES string of the molecule is C[C@@H]1C[C@H](C)C[NH+](CCOCCOc2c(Cl)cccc2Cl)C1. The van der Waals surface area contributed by atoms with E-state index in [4.69, 9.17) is 32.7 Å². The molecule has 3 atom stereocenters. The fourth-order valence-corrected chi connectivity index (χ4v) is 3.77. The second kappa shape index (κ2) is 8.97.